The monoisotopic (exact) mass is 393 g/mol. The van der Waals surface area contributed by atoms with Crippen molar-refractivity contribution in [1.29, 1.82) is 0 Å². The second-order valence-electron chi connectivity index (χ2n) is 6.19. The fourth-order valence-electron chi connectivity index (χ4n) is 1.95. The van der Waals surface area contributed by atoms with Crippen LogP contribution in [-0.4, -0.2) is 34.4 Å². The lowest BCUT2D eigenvalue weighted by Crippen LogP contribution is -2.41. The number of benzene rings is 1. The standard InChI is InChI=1S/C17H23N5O2S2/c1-10(2)8-18-15(24)20-14(23)9-25-17-22-21-16(26-17)19-13-7-5-6-11(3)12(13)4/h5-7,10H,8-9H2,1-4H3,(H,19,21)(H2,18,20,23,24). The summed E-state index contributed by atoms with van der Waals surface area (Å²) in [5.41, 5.74) is 3.34. The number of hydrogen-bond donors (Lipinski definition) is 3. The van der Waals surface area contributed by atoms with Crippen molar-refractivity contribution in [2.45, 2.75) is 32.0 Å². The van der Waals surface area contributed by atoms with Crippen molar-refractivity contribution < 1.29 is 9.59 Å². The summed E-state index contributed by atoms with van der Waals surface area (Å²) in [6.45, 7) is 8.59. The third-order valence-corrected chi connectivity index (χ3v) is 5.48. The molecule has 0 fully saturated rings. The van der Waals surface area contributed by atoms with E-state index in [9.17, 15) is 9.59 Å². The predicted octanol–water partition coefficient (Wildman–Crippen LogP) is 3.47. The average Bonchev–Trinajstić information content (AvgIpc) is 3.03. The third kappa shape index (κ3) is 6.30. The zero-order chi connectivity index (χ0) is 19.1. The number of nitrogens with one attached hydrogen (secondary N) is 3. The molecule has 140 valence electrons. The highest BCUT2D eigenvalue weighted by Crippen LogP contribution is 2.29. The van der Waals surface area contributed by atoms with Crippen LogP contribution in [0.1, 0.15) is 25.0 Å². The smallest absolute Gasteiger partial charge is 0.321 e. The Bertz CT molecular complexity index is 776. The van der Waals surface area contributed by atoms with Crippen molar-refractivity contribution in [3.05, 3.63) is 29.3 Å². The number of urea groups is 1. The molecular weight excluding hydrogens is 370 g/mol. The number of hydrogen-bond acceptors (Lipinski definition) is 7. The molecule has 1 aromatic heterocycles. The number of aromatic nitrogens is 2. The summed E-state index contributed by atoms with van der Waals surface area (Å²) in [5, 5.41) is 17.0. The molecule has 3 amide bonds. The Morgan fingerprint density at radius 2 is 2.00 bits per heavy atom. The number of imide groups is 1. The van der Waals surface area contributed by atoms with Gasteiger partial charge in [-0.1, -0.05) is 49.1 Å². The first-order valence-corrected chi connectivity index (χ1v) is 10.0. The van der Waals surface area contributed by atoms with E-state index in [0.717, 1.165) is 11.3 Å². The molecule has 9 heteroatoms. The van der Waals surface area contributed by atoms with Crippen molar-refractivity contribution >= 4 is 45.9 Å². The van der Waals surface area contributed by atoms with E-state index in [2.05, 4.69) is 39.1 Å². The maximum absolute atomic E-state index is 11.8. The van der Waals surface area contributed by atoms with Crippen molar-refractivity contribution in [3.8, 4) is 0 Å². The number of rotatable bonds is 7. The molecule has 1 aromatic carbocycles. The normalized spacial score (nSPS) is 10.7. The summed E-state index contributed by atoms with van der Waals surface area (Å²) in [5.74, 6) is 0.0674. The fourth-order valence-corrected chi connectivity index (χ4v) is 3.52. The molecule has 3 N–H and O–H groups in total. The molecule has 0 aliphatic rings. The summed E-state index contributed by atoms with van der Waals surface area (Å²) in [6, 6.07) is 5.55. The second kappa shape index (κ2) is 9.54. The van der Waals surface area contributed by atoms with E-state index in [1.54, 1.807) is 0 Å². The first kappa shape index (κ1) is 20.2. The fraction of sp³-hybridized carbons (Fsp3) is 0.412. The zero-order valence-corrected chi connectivity index (χ0v) is 16.9. The Morgan fingerprint density at radius 1 is 1.23 bits per heavy atom. The molecule has 0 saturated heterocycles. The van der Waals surface area contributed by atoms with Crippen LogP contribution in [0.3, 0.4) is 0 Å². The number of amides is 3. The van der Waals surface area contributed by atoms with Crippen LogP contribution in [0, 0.1) is 19.8 Å². The van der Waals surface area contributed by atoms with Crippen molar-refractivity contribution in [2.24, 2.45) is 5.92 Å². The van der Waals surface area contributed by atoms with Gasteiger partial charge in [-0.25, -0.2) is 4.79 Å². The van der Waals surface area contributed by atoms with E-state index in [-0.39, 0.29) is 11.7 Å². The lowest BCUT2D eigenvalue weighted by molar-refractivity contribution is -0.117. The van der Waals surface area contributed by atoms with Gasteiger partial charge in [0.1, 0.15) is 0 Å². The minimum atomic E-state index is -0.473. The zero-order valence-electron chi connectivity index (χ0n) is 15.3. The van der Waals surface area contributed by atoms with Gasteiger partial charge in [0.25, 0.3) is 0 Å². The summed E-state index contributed by atoms with van der Waals surface area (Å²) in [4.78, 5) is 23.3. The van der Waals surface area contributed by atoms with Gasteiger partial charge in [0.2, 0.25) is 11.0 Å². The molecule has 0 aliphatic heterocycles. The van der Waals surface area contributed by atoms with Crippen LogP contribution in [0.5, 0.6) is 0 Å². The van der Waals surface area contributed by atoms with Gasteiger partial charge in [0.05, 0.1) is 5.75 Å². The molecule has 7 nitrogen and oxygen atoms in total. The van der Waals surface area contributed by atoms with Gasteiger partial charge in [0, 0.05) is 12.2 Å². The molecule has 0 unspecified atom stereocenters. The molecule has 1 heterocycles. The predicted molar refractivity (Wildman–Crippen MR) is 106 cm³/mol. The van der Waals surface area contributed by atoms with Gasteiger partial charge >= 0.3 is 6.03 Å². The van der Waals surface area contributed by atoms with Crippen LogP contribution in [0.25, 0.3) is 0 Å². The Balaban J connectivity index is 1.82. The van der Waals surface area contributed by atoms with E-state index in [4.69, 9.17) is 0 Å². The quantitative estimate of drug-likeness (QED) is 0.623. The van der Waals surface area contributed by atoms with Crippen molar-refractivity contribution in [2.75, 3.05) is 17.6 Å². The van der Waals surface area contributed by atoms with E-state index in [1.807, 2.05) is 32.9 Å². The number of thioether (sulfide) groups is 1. The van der Waals surface area contributed by atoms with Crippen LogP contribution < -0.4 is 16.0 Å². The number of nitrogens with zero attached hydrogens (tertiary/aromatic N) is 2. The van der Waals surface area contributed by atoms with Crippen molar-refractivity contribution in [1.82, 2.24) is 20.8 Å². The van der Waals surface area contributed by atoms with Gasteiger partial charge in [-0.2, -0.15) is 0 Å². The van der Waals surface area contributed by atoms with Gasteiger partial charge in [-0.3, -0.25) is 10.1 Å². The minimum Gasteiger partial charge on any atom is -0.338 e. The van der Waals surface area contributed by atoms with Crippen LogP contribution in [-0.2, 0) is 4.79 Å². The third-order valence-electron chi connectivity index (χ3n) is 3.50. The molecule has 0 saturated carbocycles. The van der Waals surface area contributed by atoms with Gasteiger partial charge in [0.15, 0.2) is 4.34 Å². The molecule has 0 bridgehead atoms. The van der Waals surface area contributed by atoms with Crippen LogP contribution in [0.2, 0.25) is 0 Å². The summed E-state index contributed by atoms with van der Waals surface area (Å²) >= 11 is 2.61. The maximum atomic E-state index is 11.8. The molecule has 0 aliphatic carbocycles. The Labute approximate surface area is 161 Å². The maximum Gasteiger partial charge on any atom is 0.321 e. The summed E-state index contributed by atoms with van der Waals surface area (Å²) in [6.07, 6.45) is 0. The first-order chi connectivity index (χ1) is 12.3. The van der Waals surface area contributed by atoms with Crippen LogP contribution >= 0.6 is 23.1 Å². The average molecular weight is 394 g/mol. The first-order valence-electron chi connectivity index (χ1n) is 8.22. The second-order valence-corrected chi connectivity index (χ2v) is 8.39. The SMILES string of the molecule is Cc1cccc(Nc2nnc(SCC(=O)NC(=O)NCC(C)C)s2)c1C. The lowest BCUT2D eigenvalue weighted by Gasteiger charge is -2.08. The molecule has 0 radical (unpaired) electrons. The van der Waals surface area contributed by atoms with Crippen LogP contribution in [0.4, 0.5) is 15.6 Å². The molecule has 26 heavy (non-hydrogen) atoms. The number of carbonyl (C=O) groups excluding carboxylic acids is 2. The molecule has 2 aromatic rings. The minimum absolute atomic E-state index is 0.104. The van der Waals surface area contributed by atoms with Crippen LogP contribution in [0.15, 0.2) is 22.5 Å². The van der Waals surface area contributed by atoms with Crippen molar-refractivity contribution in [3.63, 3.8) is 0 Å². The topological polar surface area (TPSA) is 96.0 Å². The molecular formula is C17H23N5O2S2. The van der Waals surface area contributed by atoms with E-state index in [1.165, 1.54) is 28.7 Å². The highest BCUT2D eigenvalue weighted by atomic mass is 32.2. The summed E-state index contributed by atoms with van der Waals surface area (Å²) < 4.78 is 0.663. The number of anilines is 2. The Morgan fingerprint density at radius 3 is 2.73 bits per heavy atom. The van der Waals surface area contributed by atoms with Gasteiger partial charge in [-0.15, -0.1) is 10.2 Å². The Kier molecular flexibility index (Phi) is 7.40. The van der Waals surface area contributed by atoms with Gasteiger partial charge < -0.3 is 10.6 Å². The molecule has 0 atom stereocenters. The molecule has 2 rings (SSSR count). The highest BCUT2D eigenvalue weighted by Gasteiger charge is 2.12. The van der Waals surface area contributed by atoms with E-state index in [0.29, 0.717) is 21.9 Å². The number of carbonyl (C=O) groups is 2. The number of aryl methyl sites for hydroxylation is 1. The Hall–Kier alpha value is -2.13. The van der Waals surface area contributed by atoms with E-state index >= 15 is 0 Å². The largest absolute Gasteiger partial charge is 0.338 e. The lowest BCUT2D eigenvalue weighted by atomic mass is 10.1. The molecule has 0 spiro atoms. The highest BCUT2D eigenvalue weighted by molar-refractivity contribution is 8.01. The van der Waals surface area contributed by atoms with Gasteiger partial charge in [-0.05, 0) is 37.0 Å². The summed E-state index contributed by atoms with van der Waals surface area (Å²) in [7, 11) is 0. The van der Waals surface area contributed by atoms with E-state index < -0.39 is 6.03 Å².